The van der Waals surface area contributed by atoms with E-state index in [2.05, 4.69) is 32.5 Å². The molecule has 0 aliphatic heterocycles. The molecule has 0 bridgehead atoms. The summed E-state index contributed by atoms with van der Waals surface area (Å²) in [5.74, 6) is 2.74. The second kappa shape index (κ2) is 65.3. The molecular formula is C8H21P3Y12. The van der Waals surface area contributed by atoms with E-state index in [0.29, 0.717) is 0 Å². The minimum absolute atomic E-state index is 0. The third-order valence-corrected chi connectivity index (χ3v) is 11.0. The van der Waals surface area contributed by atoms with E-state index in [9.17, 15) is 0 Å². The van der Waals surface area contributed by atoms with E-state index in [-0.39, 0.29) is 415 Å². The van der Waals surface area contributed by atoms with Crippen LogP contribution in [0.3, 0.4) is 0 Å². The summed E-state index contributed by atoms with van der Waals surface area (Å²) in [5, 5.41) is 0. The van der Waals surface area contributed by atoms with E-state index in [4.69, 9.17) is 0 Å². The molecule has 0 heterocycles. The van der Waals surface area contributed by atoms with E-state index in [1.165, 1.54) is 18.0 Å². The molecule has 104 valence electrons. The van der Waals surface area contributed by atoms with Crippen molar-refractivity contribution in [3.8, 4) is 0 Å². The number of rotatable bonds is 5. The van der Waals surface area contributed by atoms with Crippen molar-refractivity contribution in [2.24, 2.45) is 0 Å². The first kappa shape index (κ1) is 83.2. The van der Waals surface area contributed by atoms with Gasteiger partial charge in [0.15, 0.2) is 0 Å². The molecule has 0 rings (SSSR count). The minimum atomic E-state index is -0.285. The Kier molecular flexibility index (Phi) is 236. The van der Waals surface area contributed by atoms with Crippen LogP contribution in [0.4, 0.5) is 0 Å². The molecule has 0 nitrogen and oxygen atoms in total. The Balaban J connectivity index is -0.00000000758. The van der Waals surface area contributed by atoms with E-state index < -0.39 is 0 Å². The van der Waals surface area contributed by atoms with Gasteiger partial charge >= 0.3 is 0 Å². The van der Waals surface area contributed by atoms with Gasteiger partial charge in [-0.2, -0.15) is 0 Å². The van der Waals surface area contributed by atoms with Crippen LogP contribution in [0.5, 0.6) is 0 Å². The van der Waals surface area contributed by atoms with Crippen LogP contribution in [0, 0.1) is 0 Å². The van der Waals surface area contributed by atoms with Crippen molar-refractivity contribution in [2.45, 2.75) is 6.92 Å². The summed E-state index contributed by atoms with van der Waals surface area (Å²) in [6.45, 7) is 4.53. The van der Waals surface area contributed by atoms with Gasteiger partial charge in [-0.05, 0) is 24.6 Å². The smallest absolute Gasteiger partial charge is 0 e. The molecule has 3 atom stereocenters. The van der Waals surface area contributed by atoms with Crippen LogP contribution in [0.1, 0.15) is 6.92 Å². The molecule has 0 aliphatic carbocycles. The molecule has 0 N–H and O–H groups in total. The van der Waals surface area contributed by atoms with Gasteiger partial charge in [0.25, 0.3) is 0 Å². The maximum Gasteiger partial charge on any atom is 0 e. The fourth-order valence-corrected chi connectivity index (χ4v) is 9.84. The zero-order valence-corrected chi connectivity index (χ0v) is 51.7. The van der Waals surface area contributed by atoms with Crippen molar-refractivity contribution in [3.63, 3.8) is 0 Å². The fraction of sp³-hybridized carbons (Fsp3) is 0.625. The monoisotopic (exact) mass is 1280 g/mol. The maximum absolute atomic E-state index is 4.24. The minimum Gasteiger partial charge on any atom is -0.124 e. The SMILES string of the molecule is C=[PH](C)C[PH](=C)C[PH](=C)CC.[Y].[Y].[Y].[Y].[Y].[Y].[Y].[Y].[Y].[Y].[Y].[Y]. The topological polar surface area (TPSA) is 0 Å². The van der Waals surface area contributed by atoms with Crippen molar-refractivity contribution >= 4 is 41.5 Å². The molecule has 0 aromatic heterocycles. The molecule has 23 heavy (non-hydrogen) atoms. The Morgan fingerprint density at radius 1 is 0.522 bits per heavy atom. The Morgan fingerprint density at radius 2 is 0.783 bits per heavy atom. The average molecular weight is 1280 g/mol. The van der Waals surface area contributed by atoms with Crippen LogP contribution >= 0.6 is 22.6 Å². The van der Waals surface area contributed by atoms with Gasteiger partial charge in [0.1, 0.15) is 0 Å². The van der Waals surface area contributed by atoms with Crippen LogP contribution in [-0.2, 0) is 393 Å². The molecule has 0 aromatic carbocycles. The second-order valence-corrected chi connectivity index (χ2v) is 11.6. The molecule has 0 amide bonds. The van der Waals surface area contributed by atoms with Gasteiger partial charge in [0.2, 0.25) is 0 Å². The molecule has 0 saturated heterocycles. The first-order valence-corrected chi connectivity index (χ1v) is 10.7. The van der Waals surface area contributed by atoms with Gasteiger partial charge in [-0.1, -0.05) is 6.92 Å². The molecule has 0 aromatic rings. The fourth-order valence-electron chi connectivity index (χ4n) is 0.968. The van der Waals surface area contributed by atoms with Crippen molar-refractivity contribution in [1.29, 1.82) is 0 Å². The standard InChI is InChI=1S/C8H21P3.12Y/c1-6-10(4)8-11(5)7-9(2)3;;;;;;;;;;;;/h9-11H,2,4-8H2,1,3H3;;;;;;;;;;;;. The van der Waals surface area contributed by atoms with Gasteiger partial charge in [-0.3, -0.25) is 0 Å². The van der Waals surface area contributed by atoms with Crippen LogP contribution in [0.2, 0.25) is 0 Å². The Morgan fingerprint density at radius 3 is 0.957 bits per heavy atom. The van der Waals surface area contributed by atoms with Gasteiger partial charge in [0, 0.05) is 393 Å². The maximum atomic E-state index is 4.24. The van der Waals surface area contributed by atoms with Gasteiger partial charge in [-0.25, -0.2) is 0 Å². The first-order chi connectivity index (χ1) is 5.06. The first-order valence-electron chi connectivity index (χ1n) is 4.04. The largest absolute Gasteiger partial charge is 0.124 e. The van der Waals surface area contributed by atoms with Crippen molar-refractivity contribution in [2.75, 3.05) is 24.6 Å². The summed E-state index contributed by atoms with van der Waals surface area (Å²) in [6, 6.07) is 0. The summed E-state index contributed by atoms with van der Waals surface area (Å²) in [7, 11) is -0.802. The van der Waals surface area contributed by atoms with E-state index in [0.717, 1.165) is 0 Å². The molecular weight excluding hydrogens is 1260 g/mol. The Hall–Kier alpha value is 14.1. The number of hydrogen-bond acceptors (Lipinski definition) is 0. The summed E-state index contributed by atoms with van der Waals surface area (Å²) >= 11 is 0. The van der Waals surface area contributed by atoms with Crippen molar-refractivity contribution in [3.05, 3.63) is 0 Å². The third kappa shape index (κ3) is 72.3. The summed E-state index contributed by atoms with van der Waals surface area (Å²) in [6.07, 6.45) is 13.8. The van der Waals surface area contributed by atoms with Crippen molar-refractivity contribution < 1.29 is 393 Å². The molecule has 0 fully saturated rings. The quantitative estimate of drug-likeness (QED) is 0.372. The number of hydrogen-bond donors (Lipinski definition) is 0. The van der Waals surface area contributed by atoms with Crippen LogP contribution in [-0.4, -0.2) is 43.5 Å². The predicted octanol–water partition coefficient (Wildman–Crippen LogP) is 2.46. The normalized spacial score (nSPS) is 9.13. The van der Waals surface area contributed by atoms with Crippen molar-refractivity contribution in [1.82, 2.24) is 0 Å². The summed E-state index contributed by atoms with van der Waals surface area (Å²) < 4.78 is 0. The molecule has 0 spiro atoms. The Bertz CT molecular complexity index is 205. The van der Waals surface area contributed by atoms with Gasteiger partial charge < -0.3 is 0 Å². The molecule has 0 saturated carbocycles. The zero-order chi connectivity index (χ0) is 8.85. The third-order valence-electron chi connectivity index (χ3n) is 1.55. The molecule has 15 heteroatoms. The molecule has 0 aliphatic rings. The van der Waals surface area contributed by atoms with Crippen LogP contribution in [0.25, 0.3) is 0 Å². The van der Waals surface area contributed by atoms with Crippen LogP contribution in [0.15, 0.2) is 0 Å². The molecule has 3 unspecified atom stereocenters. The van der Waals surface area contributed by atoms with E-state index in [1.807, 2.05) is 0 Å². The van der Waals surface area contributed by atoms with E-state index in [1.54, 1.807) is 0 Å². The van der Waals surface area contributed by atoms with Crippen LogP contribution < -0.4 is 0 Å². The average Bonchev–Trinajstić information content (AvgIpc) is 1.85. The Labute approximate surface area is 450 Å². The van der Waals surface area contributed by atoms with Gasteiger partial charge in [-0.15, -0.1) is 41.5 Å². The summed E-state index contributed by atoms with van der Waals surface area (Å²) in [5.41, 5.74) is 0. The van der Waals surface area contributed by atoms with Gasteiger partial charge in [0.05, 0.1) is 0 Å². The van der Waals surface area contributed by atoms with E-state index >= 15 is 0 Å². The summed E-state index contributed by atoms with van der Waals surface area (Å²) in [4.78, 5) is 0. The second-order valence-electron chi connectivity index (χ2n) is 3.16. The zero-order valence-electron chi connectivity index (χ0n) is 14.7. The molecule has 12 radical (unpaired) electrons. The predicted molar refractivity (Wildman–Crippen MR) is 72.5 cm³/mol.